The topological polar surface area (TPSA) is 20.3 Å². The second-order valence-corrected chi connectivity index (χ2v) is 6.51. The Hall–Kier alpha value is -1.43. The summed E-state index contributed by atoms with van der Waals surface area (Å²) in [5, 5.41) is 0. The van der Waals surface area contributed by atoms with Crippen LogP contribution in [0.3, 0.4) is 0 Å². The maximum absolute atomic E-state index is 13.8. The molecule has 3 rings (SSSR count). The van der Waals surface area contributed by atoms with Gasteiger partial charge in [0, 0.05) is 27.3 Å². The van der Waals surface area contributed by atoms with Gasteiger partial charge in [0.1, 0.15) is 5.82 Å². The summed E-state index contributed by atoms with van der Waals surface area (Å²) in [5.74, 6) is -0.266. The van der Waals surface area contributed by atoms with E-state index in [1.807, 2.05) is 24.3 Å². The minimum Gasteiger partial charge on any atom is -0.331 e. The first kappa shape index (κ1) is 14.5. The van der Waals surface area contributed by atoms with Crippen molar-refractivity contribution in [3.63, 3.8) is 0 Å². The van der Waals surface area contributed by atoms with Crippen molar-refractivity contribution >= 4 is 28.5 Å². The quantitative estimate of drug-likeness (QED) is 0.710. The molecule has 0 aromatic heterocycles. The van der Waals surface area contributed by atoms with Gasteiger partial charge in [0.15, 0.2) is 0 Å². The lowest BCUT2D eigenvalue weighted by molar-refractivity contribution is 0.0728. The van der Waals surface area contributed by atoms with Gasteiger partial charge in [-0.2, -0.15) is 0 Å². The molecule has 0 N–H and O–H groups in total. The van der Waals surface area contributed by atoms with Crippen LogP contribution in [0.2, 0.25) is 0 Å². The number of hydrogen-bond acceptors (Lipinski definition) is 1. The van der Waals surface area contributed by atoms with Crippen molar-refractivity contribution < 1.29 is 9.18 Å². The molecule has 0 unspecified atom stereocenters. The van der Waals surface area contributed by atoms with Crippen LogP contribution in [0.1, 0.15) is 28.8 Å². The molecule has 4 heteroatoms. The summed E-state index contributed by atoms with van der Waals surface area (Å²) in [7, 11) is 0. The average Bonchev–Trinajstić information content (AvgIpc) is 3.30. The summed E-state index contributed by atoms with van der Waals surface area (Å²) < 4.78 is 14.9. The molecule has 0 atom stereocenters. The van der Waals surface area contributed by atoms with Crippen LogP contribution in [-0.4, -0.2) is 16.8 Å². The van der Waals surface area contributed by atoms with Crippen molar-refractivity contribution in [2.75, 3.05) is 0 Å². The van der Waals surface area contributed by atoms with E-state index in [-0.39, 0.29) is 17.8 Å². The smallest absolute Gasteiger partial charge is 0.254 e. The average molecular weight is 395 g/mol. The molecule has 2 aromatic rings. The fraction of sp³-hybridized carbons (Fsp3) is 0.235. The first-order chi connectivity index (χ1) is 10.1. The summed E-state index contributed by atoms with van der Waals surface area (Å²) >= 11 is 2.19. The minimum absolute atomic E-state index is 0.0146. The van der Waals surface area contributed by atoms with E-state index in [1.54, 1.807) is 23.1 Å². The Kier molecular flexibility index (Phi) is 4.24. The highest BCUT2D eigenvalue weighted by Crippen LogP contribution is 2.30. The van der Waals surface area contributed by atoms with Gasteiger partial charge in [0.05, 0.1) is 0 Å². The maximum Gasteiger partial charge on any atom is 0.254 e. The van der Waals surface area contributed by atoms with E-state index in [4.69, 9.17) is 0 Å². The number of benzene rings is 2. The van der Waals surface area contributed by atoms with Gasteiger partial charge in [0.25, 0.3) is 5.91 Å². The van der Waals surface area contributed by atoms with Crippen LogP contribution in [0, 0.1) is 9.39 Å². The number of amides is 1. The molecular formula is C17H15FINO. The SMILES string of the molecule is O=C(c1cccc(I)c1)N(Cc1ccccc1F)C1CC1. The molecule has 108 valence electrons. The van der Waals surface area contributed by atoms with Crippen LogP contribution >= 0.6 is 22.6 Å². The van der Waals surface area contributed by atoms with Crippen molar-refractivity contribution in [3.8, 4) is 0 Å². The number of hydrogen-bond donors (Lipinski definition) is 0. The minimum atomic E-state index is -0.251. The molecular weight excluding hydrogens is 380 g/mol. The molecule has 2 nitrogen and oxygen atoms in total. The van der Waals surface area contributed by atoms with Crippen molar-refractivity contribution in [2.24, 2.45) is 0 Å². The summed E-state index contributed by atoms with van der Waals surface area (Å²) in [6.45, 7) is 0.335. The summed E-state index contributed by atoms with van der Waals surface area (Å²) in [4.78, 5) is 14.5. The standard InChI is InChI=1S/C17H15FINO/c18-16-7-2-1-4-13(16)11-20(15-8-9-15)17(21)12-5-3-6-14(19)10-12/h1-7,10,15H,8-9,11H2. The second-order valence-electron chi connectivity index (χ2n) is 5.27. The predicted octanol–water partition coefficient (Wildman–Crippen LogP) is 4.24. The Morgan fingerprint density at radius 1 is 1.19 bits per heavy atom. The first-order valence-electron chi connectivity index (χ1n) is 6.95. The van der Waals surface area contributed by atoms with E-state index in [1.165, 1.54) is 6.07 Å². The van der Waals surface area contributed by atoms with Gasteiger partial charge in [-0.1, -0.05) is 24.3 Å². The van der Waals surface area contributed by atoms with Gasteiger partial charge in [0.2, 0.25) is 0 Å². The molecule has 2 aromatic carbocycles. The lowest BCUT2D eigenvalue weighted by atomic mass is 10.1. The Morgan fingerprint density at radius 3 is 2.62 bits per heavy atom. The molecule has 1 aliphatic rings. The second kappa shape index (κ2) is 6.13. The number of nitrogens with zero attached hydrogens (tertiary/aromatic N) is 1. The normalized spacial score (nSPS) is 14.0. The molecule has 0 heterocycles. The van der Waals surface area contributed by atoms with Gasteiger partial charge >= 0.3 is 0 Å². The molecule has 1 saturated carbocycles. The van der Waals surface area contributed by atoms with E-state index in [0.717, 1.165) is 16.4 Å². The Labute approximate surface area is 137 Å². The third kappa shape index (κ3) is 3.43. The van der Waals surface area contributed by atoms with Gasteiger partial charge in [-0.15, -0.1) is 0 Å². The lowest BCUT2D eigenvalue weighted by Gasteiger charge is -2.23. The highest BCUT2D eigenvalue weighted by atomic mass is 127. The monoisotopic (exact) mass is 395 g/mol. The molecule has 0 bridgehead atoms. The molecule has 0 saturated heterocycles. The number of carbonyl (C=O) groups is 1. The molecule has 1 amide bonds. The van der Waals surface area contributed by atoms with Crippen LogP contribution in [-0.2, 0) is 6.54 Å². The van der Waals surface area contributed by atoms with E-state index in [0.29, 0.717) is 17.7 Å². The zero-order valence-corrected chi connectivity index (χ0v) is 13.6. The van der Waals surface area contributed by atoms with Crippen molar-refractivity contribution in [1.82, 2.24) is 4.90 Å². The Bertz CT molecular complexity index is 669. The lowest BCUT2D eigenvalue weighted by Crippen LogP contribution is -2.33. The molecule has 0 radical (unpaired) electrons. The highest BCUT2D eigenvalue weighted by molar-refractivity contribution is 14.1. The van der Waals surface area contributed by atoms with Crippen LogP contribution in [0.4, 0.5) is 4.39 Å². The van der Waals surface area contributed by atoms with Crippen molar-refractivity contribution in [1.29, 1.82) is 0 Å². The van der Waals surface area contributed by atoms with Gasteiger partial charge in [-0.05, 0) is 59.7 Å². The van der Waals surface area contributed by atoms with E-state index in [2.05, 4.69) is 22.6 Å². The van der Waals surface area contributed by atoms with Crippen LogP contribution in [0.5, 0.6) is 0 Å². The third-order valence-electron chi connectivity index (χ3n) is 3.62. The molecule has 0 spiro atoms. The fourth-order valence-electron chi connectivity index (χ4n) is 2.35. The van der Waals surface area contributed by atoms with Crippen molar-refractivity contribution in [2.45, 2.75) is 25.4 Å². The van der Waals surface area contributed by atoms with Crippen LogP contribution < -0.4 is 0 Å². The van der Waals surface area contributed by atoms with Crippen LogP contribution in [0.25, 0.3) is 0 Å². The maximum atomic E-state index is 13.8. The number of rotatable bonds is 4. The predicted molar refractivity (Wildman–Crippen MR) is 88.5 cm³/mol. The van der Waals surface area contributed by atoms with Gasteiger partial charge in [-0.25, -0.2) is 4.39 Å². The summed E-state index contributed by atoms with van der Waals surface area (Å²) in [6.07, 6.45) is 2.01. The van der Waals surface area contributed by atoms with Crippen LogP contribution in [0.15, 0.2) is 48.5 Å². The first-order valence-corrected chi connectivity index (χ1v) is 8.03. The third-order valence-corrected chi connectivity index (χ3v) is 4.29. The molecule has 1 aliphatic carbocycles. The zero-order valence-electron chi connectivity index (χ0n) is 11.4. The van der Waals surface area contributed by atoms with Crippen molar-refractivity contribution in [3.05, 3.63) is 69.0 Å². The Balaban J connectivity index is 1.85. The largest absolute Gasteiger partial charge is 0.331 e. The molecule has 1 fully saturated rings. The zero-order chi connectivity index (χ0) is 14.8. The fourth-order valence-corrected chi connectivity index (χ4v) is 2.89. The number of halogens is 2. The molecule has 21 heavy (non-hydrogen) atoms. The van der Waals surface area contributed by atoms with E-state index in [9.17, 15) is 9.18 Å². The highest BCUT2D eigenvalue weighted by Gasteiger charge is 2.33. The Morgan fingerprint density at radius 2 is 1.95 bits per heavy atom. The molecule has 0 aliphatic heterocycles. The van der Waals surface area contributed by atoms with E-state index >= 15 is 0 Å². The van der Waals surface area contributed by atoms with E-state index < -0.39 is 0 Å². The summed E-state index contributed by atoms with van der Waals surface area (Å²) in [6, 6.07) is 14.4. The van der Waals surface area contributed by atoms with Gasteiger partial charge in [-0.3, -0.25) is 4.79 Å². The van der Waals surface area contributed by atoms with Gasteiger partial charge < -0.3 is 4.90 Å². The summed E-state index contributed by atoms with van der Waals surface area (Å²) in [5.41, 5.74) is 1.24. The number of carbonyl (C=O) groups excluding carboxylic acids is 1.